The Morgan fingerprint density at radius 2 is 1.87 bits per heavy atom. The van der Waals surface area contributed by atoms with Crippen molar-refractivity contribution in [3.63, 3.8) is 0 Å². The van der Waals surface area contributed by atoms with E-state index in [0.717, 1.165) is 24.1 Å². The quantitative estimate of drug-likeness (QED) is 0.584. The molecular weight excluding hydrogens is 396 g/mol. The third kappa shape index (κ3) is 4.11. The summed E-state index contributed by atoms with van der Waals surface area (Å²) in [6.45, 7) is 2.83. The first kappa shape index (κ1) is 20.6. The van der Waals surface area contributed by atoms with Gasteiger partial charge in [-0.25, -0.2) is 13.1 Å². The van der Waals surface area contributed by atoms with Gasteiger partial charge in [-0.1, -0.05) is 49.4 Å². The lowest BCUT2D eigenvalue weighted by Gasteiger charge is -2.16. The van der Waals surface area contributed by atoms with E-state index >= 15 is 0 Å². The lowest BCUT2D eigenvalue weighted by atomic mass is 10.0. The zero-order chi connectivity index (χ0) is 21.1. The molecule has 1 aliphatic heterocycles. The highest BCUT2D eigenvalue weighted by Gasteiger charge is 2.25. The summed E-state index contributed by atoms with van der Waals surface area (Å²) in [6, 6.07) is 19.5. The largest absolute Gasteiger partial charge is 0.312 e. The zero-order valence-electron chi connectivity index (χ0n) is 17.1. The zero-order valence-corrected chi connectivity index (χ0v) is 17.9. The first-order valence-corrected chi connectivity index (χ1v) is 11.9. The number of anilines is 1. The van der Waals surface area contributed by atoms with E-state index in [9.17, 15) is 13.2 Å². The smallest absolute Gasteiger partial charge is 0.240 e. The summed E-state index contributed by atoms with van der Waals surface area (Å²) in [7, 11) is -3.58. The Balaban J connectivity index is 1.40. The van der Waals surface area contributed by atoms with Gasteiger partial charge in [0.2, 0.25) is 15.9 Å². The molecule has 1 amide bonds. The van der Waals surface area contributed by atoms with Crippen molar-refractivity contribution >= 4 is 32.4 Å². The average Bonchev–Trinajstić information content (AvgIpc) is 3.19. The van der Waals surface area contributed by atoms with Gasteiger partial charge in [0.15, 0.2) is 0 Å². The number of amides is 1. The second kappa shape index (κ2) is 8.58. The highest BCUT2D eigenvalue weighted by Crippen LogP contribution is 2.30. The van der Waals surface area contributed by atoms with Crippen molar-refractivity contribution in [2.75, 3.05) is 18.0 Å². The highest BCUT2D eigenvalue weighted by molar-refractivity contribution is 7.89. The summed E-state index contributed by atoms with van der Waals surface area (Å²) in [5.74, 6) is 0.0657. The van der Waals surface area contributed by atoms with Crippen LogP contribution in [0.15, 0.2) is 65.6 Å². The van der Waals surface area contributed by atoms with Gasteiger partial charge >= 0.3 is 0 Å². The summed E-state index contributed by atoms with van der Waals surface area (Å²) in [5.41, 5.74) is 2.97. The molecule has 3 aromatic carbocycles. The molecule has 4 rings (SSSR count). The van der Waals surface area contributed by atoms with E-state index in [0.29, 0.717) is 25.9 Å². The van der Waals surface area contributed by atoms with E-state index in [2.05, 4.69) is 29.0 Å². The maximum absolute atomic E-state index is 12.7. The molecule has 0 bridgehead atoms. The molecule has 0 radical (unpaired) electrons. The Kier molecular flexibility index (Phi) is 5.88. The molecule has 1 N–H and O–H groups in total. The van der Waals surface area contributed by atoms with E-state index in [1.165, 1.54) is 16.3 Å². The number of hydrogen-bond acceptors (Lipinski definition) is 3. The van der Waals surface area contributed by atoms with Gasteiger partial charge in [0.25, 0.3) is 0 Å². The molecule has 156 valence electrons. The third-order valence-corrected chi connectivity index (χ3v) is 7.11. The van der Waals surface area contributed by atoms with Crippen LogP contribution in [-0.4, -0.2) is 27.4 Å². The highest BCUT2D eigenvalue weighted by atomic mass is 32.2. The molecule has 1 heterocycles. The van der Waals surface area contributed by atoms with Crippen LogP contribution in [0.25, 0.3) is 10.8 Å². The summed E-state index contributed by atoms with van der Waals surface area (Å²) in [6.07, 6.45) is 2.66. The van der Waals surface area contributed by atoms with E-state index in [1.807, 2.05) is 25.1 Å². The van der Waals surface area contributed by atoms with E-state index < -0.39 is 10.0 Å². The summed E-state index contributed by atoms with van der Waals surface area (Å²) in [4.78, 5) is 14.0. The van der Waals surface area contributed by atoms with E-state index in [4.69, 9.17) is 0 Å². The topological polar surface area (TPSA) is 66.5 Å². The van der Waals surface area contributed by atoms with Gasteiger partial charge in [-0.2, -0.15) is 0 Å². The Morgan fingerprint density at radius 3 is 2.70 bits per heavy atom. The van der Waals surface area contributed by atoms with Crippen LogP contribution in [-0.2, 0) is 27.7 Å². The van der Waals surface area contributed by atoms with Crippen molar-refractivity contribution in [2.45, 2.75) is 37.5 Å². The monoisotopic (exact) mass is 422 g/mol. The van der Waals surface area contributed by atoms with Crippen molar-refractivity contribution < 1.29 is 13.2 Å². The number of nitrogens with zero attached hydrogens (tertiary/aromatic N) is 1. The molecule has 5 nitrogen and oxygen atoms in total. The minimum absolute atomic E-state index is 0.0657. The van der Waals surface area contributed by atoms with Gasteiger partial charge in [0.05, 0.1) is 4.90 Å². The van der Waals surface area contributed by atoms with Gasteiger partial charge in [-0.05, 0) is 59.4 Å². The molecule has 30 heavy (non-hydrogen) atoms. The van der Waals surface area contributed by atoms with Crippen molar-refractivity contribution in [1.29, 1.82) is 0 Å². The number of rotatable bonds is 7. The van der Waals surface area contributed by atoms with E-state index in [-0.39, 0.29) is 10.8 Å². The molecule has 0 aromatic heterocycles. The van der Waals surface area contributed by atoms with Crippen molar-refractivity contribution in [3.05, 3.63) is 71.8 Å². The Labute approximate surface area is 177 Å². The number of nitrogens with one attached hydrogen (secondary N) is 1. The fraction of sp³-hybridized carbons (Fsp3) is 0.292. The van der Waals surface area contributed by atoms with Crippen LogP contribution >= 0.6 is 0 Å². The van der Waals surface area contributed by atoms with Crippen LogP contribution in [0.3, 0.4) is 0 Å². The number of aryl methyl sites for hydroxylation is 1. The molecule has 0 fully saturated rings. The second-order valence-electron chi connectivity index (χ2n) is 7.58. The van der Waals surface area contributed by atoms with Crippen molar-refractivity contribution in [3.8, 4) is 0 Å². The number of carbonyl (C=O) groups excluding carboxylic acids is 1. The van der Waals surface area contributed by atoms with E-state index in [1.54, 1.807) is 23.1 Å². The third-order valence-electron chi connectivity index (χ3n) is 5.66. The normalized spacial score (nSPS) is 13.6. The average molecular weight is 423 g/mol. The Morgan fingerprint density at radius 1 is 1.07 bits per heavy atom. The molecule has 3 aromatic rings. The number of fused-ring (bicyclic) bond motifs is 2. The molecular formula is C24H26N2O3S. The Hall–Kier alpha value is -2.70. The van der Waals surface area contributed by atoms with Crippen LogP contribution in [0.5, 0.6) is 0 Å². The molecule has 0 saturated carbocycles. The van der Waals surface area contributed by atoms with Crippen LogP contribution < -0.4 is 9.62 Å². The number of hydrogen-bond donors (Lipinski definition) is 1. The predicted molar refractivity (Wildman–Crippen MR) is 120 cm³/mol. The molecule has 0 unspecified atom stereocenters. The van der Waals surface area contributed by atoms with Crippen LogP contribution in [0.1, 0.15) is 30.9 Å². The number of benzene rings is 3. The second-order valence-corrected chi connectivity index (χ2v) is 9.35. The lowest BCUT2D eigenvalue weighted by Crippen LogP contribution is -2.28. The summed E-state index contributed by atoms with van der Waals surface area (Å²) < 4.78 is 28.2. The molecule has 0 spiro atoms. The lowest BCUT2D eigenvalue weighted by molar-refractivity contribution is -0.118. The standard InChI is InChI=1S/C24H26N2O3S/c1-2-24(27)26-16-14-20-17-21(12-13-23(20)26)30(28,29)25-15-6-10-19-9-5-8-18-7-3-4-11-22(18)19/h3-5,7-9,11-13,17,25H,2,6,10,14-16H2,1H3. The molecule has 1 aliphatic rings. The molecule has 0 aliphatic carbocycles. The molecule has 6 heteroatoms. The summed E-state index contributed by atoms with van der Waals surface area (Å²) >= 11 is 0. The molecule has 0 atom stereocenters. The number of sulfonamides is 1. The van der Waals surface area contributed by atoms with Crippen LogP contribution in [0.2, 0.25) is 0 Å². The fourth-order valence-electron chi connectivity index (χ4n) is 4.07. The van der Waals surface area contributed by atoms with Crippen molar-refractivity contribution in [1.82, 2.24) is 4.72 Å². The number of carbonyl (C=O) groups is 1. The SMILES string of the molecule is CCC(=O)N1CCc2cc(S(=O)(=O)NCCCc3cccc4ccccc34)ccc21. The van der Waals surface area contributed by atoms with Gasteiger partial charge in [-0.3, -0.25) is 4.79 Å². The maximum atomic E-state index is 12.7. The van der Waals surface area contributed by atoms with Gasteiger partial charge in [0, 0.05) is 25.2 Å². The van der Waals surface area contributed by atoms with Gasteiger partial charge in [-0.15, -0.1) is 0 Å². The first-order chi connectivity index (χ1) is 14.5. The van der Waals surface area contributed by atoms with Gasteiger partial charge < -0.3 is 4.90 Å². The van der Waals surface area contributed by atoms with Gasteiger partial charge in [0.1, 0.15) is 0 Å². The van der Waals surface area contributed by atoms with Crippen molar-refractivity contribution in [2.24, 2.45) is 0 Å². The van der Waals surface area contributed by atoms with Crippen LogP contribution in [0, 0.1) is 0 Å². The predicted octanol–water partition coefficient (Wildman–Crippen LogP) is 4.05. The Bertz CT molecular complexity index is 1180. The minimum Gasteiger partial charge on any atom is -0.312 e. The first-order valence-electron chi connectivity index (χ1n) is 10.4. The molecule has 0 saturated heterocycles. The summed E-state index contributed by atoms with van der Waals surface area (Å²) in [5, 5.41) is 2.41. The maximum Gasteiger partial charge on any atom is 0.240 e. The van der Waals surface area contributed by atoms with Crippen LogP contribution in [0.4, 0.5) is 5.69 Å². The minimum atomic E-state index is -3.58. The fourth-order valence-corrected chi connectivity index (χ4v) is 5.20.